The summed E-state index contributed by atoms with van der Waals surface area (Å²) < 4.78 is 0. The lowest BCUT2D eigenvalue weighted by atomic mass is 10.0. The number of nitrogens with two attached hydrogens (primary N) is 1. The molecule has 1 saturated heterocycles. The SMILES string of the molecule is C=C(C)C[C@H](N)c1ccc(N2CCCC2)cc1. The van der Waals surface area contributed by atoms with E-state index >= 15 is 0 Å². The minimum atomic E-state index is 0.0835. The molecule has 0 saturated carbocycles. The smallest absolute Gasteiger partial charge is 0.0366 e. The van der Waals surface area contributed by atoms with E-state index in [0.29, 0.717) is 0 Å². The van der Waals surface area contributed by atoms with Gasteiger partial charge in [0, 0.05) is 24.8 Å². The van der Waals surface area contributed by atoms with Gasteiger partial charge in [0.25, 0.3) is 0 Å². The van der Waals surface area contributed by atoms with Gasteiger partial charge in [0.15, 0.2) is 0 Å². The second-order valence-corrected chi connectivity index (χ2v) is 5.05. The lowest BCUT2D eigenvalue weighted by molar-refractivity contribution is 0.717. The summed E-state index contributed by atoms with van der Waals surface area (Å²) in [5, 5.41) is 0. The Morgan fingerprint density at radius 2 is 1.88 bits per heavy atom. The Morgan fingerprint density at radius 1 is 1.29 bits per heavy atom. The summed E-state index contributed by atoms with van der Waals surface area (Å²) in [4.78, 5) is 2.44. The zero-order valence-electron chi connectivity index (χ0n) is 10.7. The molecule has 2 nitrogen and oxygen atoms in total. The van der Waals surface area contributed by atoms with E-state index in [1.807, 2.05) is 6.92 Å². The van der Waals surface area contributed by atoms with Crippen molar-refractivity contribution in [2.24, 2.45) is 5.73 Å². The molecule has 0 aromatic heterocycles. The number of rotatable bonds is 4. The average Bonchev–Trinajstić information content (AvgIpc) is 2.82. The van der Waals surface area contributed by atoms with E-state index < -0.39 is 0 Å². The molecule has 0 unspecified atom stereocenters. The number of hydrogen-bond donors (Lipinski definition) is 1. The van der Waals surface area contributed by atoms with Crippen molar-refractivity contribution in [3.8, 4) is 0 Å². The highest BCUT2D eigenvalue weighted by Crippen LogP contribution is 2.24. The Kier molecular flexibility index (Phi) is 3.85. The summed E-state index contributed by atoms with van der Waals surface area (Å²) in [6.07, 6.45) is 3.50. The second-order valence-electron chi connectivity index (χ2n) is 5.05. The fraction of sp³-hybridized carbons (Fsp3) is 0.467. The van der Waals surface area contributed by atoms with E-state index in [2.05, 4.69) is 35.7 Å². The third-order valence-corrected chi connectivity index (χ3v) is 3.36. The van der Waals surface area contributed by atoms with Crippen LogP contribution in [-0.4, -0.2) is 13.1 Å². The molecule has 0 spiro atoms. The van der Waals surface area contributed by atoms with Crippen molar-refractivity contribution in [1.29, 1.82) is 0 Å². The van der Waals surface area contributed by atoms with Crippen LogP contribution in [0.15, 0.2) is 36.4 Å². The van der Waals surface area contributed by atoms with E-state index in [4.69, 9.17) is 5.73 Å². The molecule has 1 atom stereocenters. The van der Waals surface area contributed by atoms with Crippen molar-refractivity contribution >= 4 is 5.69 Å². The summed E-state index contributed by atoms with van der Waals surface area (Å²) in [6, 6.07) is 8.78. The lowest BCUT2D eigenvalue weighted by Gasteiger charge is -2.19. The molecular weight excluding hydrogens is 208 g/mol. The minimum absolute atomic E-state index is 0.0835. The first-order valence-electron chi connectivity index (χ1n) is 6.41. The van der Waals surface area contributed by atoms with E-state index in [1.54, 1.807) is 0 Å². The molecular formula is C15H22N2. The Hall–Kier alpha value is -1.28. The number of benzene rings is 1. The van der Waals surface area contributed by atoms with Crippen molar-refractivity contribution in [1.82, 2.24) is 0 Å². The summed E-state index contributed by atoms with van der Waals surface area (Å²) in [5.74, 6) is 0. The Labute approximate surface area is 104 Å². The molecule has 0 radical (unpaired) electrons. The normalized spacial score (nSPS) is 17.2. The maximum Gasteiger partial charge on any atom is 0.0366 e. The fourth-order valence-corrected chi connectivity index (χ4v) is 2.40. The van der Waals surface area contributed by atoms with Crippen LogP contribution in [0.2, 0.25) is 0 Å². The maximum atomic E-state index is 6.13. The lowest BCUT2D eigenvalue weighted by Crippen LogP contribution is -2.17. The van der Waals surface area contributed by atoms with Crippen LogP contribution in [0, 0.1) is 0 Å². The Bertz CT molecular complexity index is 374. The molecule has 1 aliphatic rings. The van der Waals surface area contributed by atoms with Crippen molar-refractivity contribution in [3.05, 3.63) is 42.0 Å². The minimum Gasteiger partial charge on any atom is -0.372 e. The third kappa shape index (κ3) is 3.10. The molecule has 0 aliphatic carbocycles. The summed E-state index contributed by atoms with van der Waals surface area (Å²) in [7, 11) is 0. The van der Waals surface area contributed by atoms with Gasteiger partial charge in [0.1, 0.15) is 0 Å². The molecule has 17 heavy (non-hydrogen) atoms. The molecule has 2 N–H and O–H groups in total. The van der Waals surface area contributed by atoms with Gasteiger partial charge >= 0.3 is 0 Å². The second kappa shape index (κ2) is 5.37. The van der Waals surface area contributed by atoms with Gasteiger partial charge in [-0.3, -0.25) is 0 Å². The van der Waals surface area contributed by atoms with Crippen LogP contribution >= 0.6 is 0 Å². The van der Waals surface area contributed by atoms with E-state index in [1.165, 1.54) is 37.2 Å². The van der Waals surface area contributed by atoms with Crippen molar-refractivity contribution in [2.75, 3.05) is 18.0 Å². The number of hydrogen-bond acceptors (Lipinski definition) is 2. The van der Waals surface area contributed by atoms with E-state index in [-0.39, 0.29) is 6.04 Å². The van der Waals surface area contributed by atoms with Gasteiger partial charge < -0.3 is 10.6 Å². The van der Waals surface area contributed by atoms with Crippen LogP contribution in [0.25, 0.3) is 0 Å². The molecule has 1 fully saturated rings. The van der Waals surface area contributed by atoms with Crippen LogP contribution in [-0.2, 0) is 0 Å². The standard InChI is InChI=1S/C15H22N2/c1-12(2)11-15(16)13-5-7-14(8-6-13)17-9-3-4-10-17/h5-8,15H,1,3-4,9-11,16H2,2H3/t15-/m0/s1. The molecule has 0 amide bonds. The Balaban J connectivity index is 2.04. The van der Waals surface area contributed by atoms with Crippen LogP contribution in [0.1, 0.15) is 37.8 Å². The first-order valence-corrected chi connectivity index (χ1v) is 6.41. The zero-order chi connectivity index (χ0) is 12.3. The van der Waals surface area contributed by atoms with Crippen LogP contribution < -0.4 is 10.6 Å². The highest BCUT2D eigenvalue weighted by Gasteiger charge is 2.12. The molecule has 92 valence electrons. The largest absolute Gasteiger partial charge is 0.372 e. The van der Waals surface area contributed by atoms with Gasteiger partial charge in [-0.2, -0.15) is 0 Å². The summed E-state index contributed by atoms with van der Waals surface area (Å²) in [5.41, 5.74) is 9.80. The summed E-state index contributed by atoms with van der Waals surface area (Å²) >= 11 is 0. The van der Waals surface area contributed by atoms with Gasteiger partial charge in [-0.05, 0) is 43.9 Å². The predicted molar refractivity (Wildman–Crippen MR) is 74.2 cm³/mol. The van der Waals surface area contributed by atoms with Gasteiger partial charge in [-0.25, -0.2) is 0 Å². The van der Waals surface area contributed by atoms with Crippen molar-refractivity contribution in [2.45, 2.75) is 32.2 Å². The summed E-state index contributed by atoms with van der Waals surface area (Å²) in [6.45, 7) is 8.32. The first kappa shape index (κ1) is 12.2. The van der Waals surface area contributed by atoms with Crippen molar-refractivity contribution in [3.63, 3.8) is 0 Å². The molecule has 1 aromatic rings. The van der Waals surface area contributed by atoms with Gasteiger partial charge in [0.05, 0.1) is 0 Å². The number of anilines is 1. The quantitative estimate of drug-likeness (QED) is 0.804. The van der Waals surface area contributed by atoms with Crippen molar-refractivity contribution < 1.29 is 0 Å². The van der Waals surface area contributed by atoms with Gasteiger partial charge in [0.2, 0.25) is 0 Å². The highest BCUT2D eigenvalue weighted by molar-refractivity contribution is 5.48. The maximum absolute atomic E-state index is 6.13. The molecule has 1 aromatic carbocycles. The van der Waals surface area contributed by atoms with E-state index in [9.17, 15) is 0 Å². The first-order chi connectivity index (χ1) is 8.16. The predicted octanol–water partition coefficient (Wildman–Crippen LogP) is 3.25. The molecule has 0 bridgehead atoms. The number of nitrogens with zero attached hydrogens (tertiary/aromatic N) is 1. The Morgan fingerprint density at radius 3 is 2.41 bits per heavy atom. The topological polar surface area (TPSA) is 29.3 Å². The highest BCUT2D eigenvalue weighted by atomic mass is 15.1. The van der Waals surface area contributed by atoms with Crippen LogP contribution in [0.5, 0.6) is 0 Å². The van der Waals surface area contributed by atoms with E-state index in [0.717, 1.165) is 12.0 Å². The monoisotopic (exact) mass is 230 g/mol. The molecule has 1 heterocycles. The molecule has 1 aliphatic heterocycles. The molecule has 2 heteroatoms. The molecule has 2 rings (SSSR count). The van der Waals surface area contributed by atoms with Crippen LogP contribution in [0.3, 0.4) is 0 Å². The van der Waals surface area contributed by atoms with Gasteiger partial charge in [-0.1, -0.05) is 17.7 Å². The fourth-order valence-electron chi connectivity index (χ4n) is 2.40. The average molecular weight is 230 g/mol. The third-order valence-electron chi connectivity index (χ3n) is 3.36. The van der Waals surface area contributed by atoms with Crippen LogP contribution in [0.4, 0.5) is 5.69 Å². The zero-order valence-corrected chi connectivity index (χ0v) is 10.7. The van der Waals surface area contributed by atoms with Gasteiger partial charge in [-0.15, -0.1) is 6.58 Å².